The molecule has 1 aromatic carbocycles. The van der Waals surface area contributed by atoms with Gasteiger partial charge in [0.15, 0.2) is 0 Å². The second kappa shape index (κ2) is 5.59. The van der Waals surface area contributed by atoms with E-state index in [0.29, 0.717) is 0 Å². The quantitative estimate of drug-likeness (QED) is 0.693. The van der Waals surface area contributed by atoms with Gasteiger partial charge in [0.25, 0.3) is 10.0 Å². The Bertz CT molecular complexity index is 444. The topological polar surface area (TPSA) is 84.5 Å². The van der Waals surface area contributed by atoms with Crippen LogP contribution in [0, 0.1) is 0 Å². The van der Waals surface area contributed by atoms with Crippen LogP contribution in [0.5, 0.6) is 0 Å². The zero-order chi connectivity index (χ0) is 12.0. The monoisotopic (exact) mass is 244 g/mol. The Labute approximate surface area is 93.6 Å². The van der Waals surface area contributed by atoms with Crippen molar-refractivity contribution in [1.82, 2.24) is 10.2 Å². The number of carbonyl (C=O) groups excluding carboxylic acids is 1. The lowest BCUT2D eigenvalue weighted by Gasteiger charge is -2.06. The minimum atomic E-state index is -3.72. The van der Waals surface area contributed by atoms with E-state index >= 15 is 0 Å². The molecule has 0 aliphatic rings. The number of benzene rings is 1. The Hall–Kier alpha value is -1.44. The molecule has 0 radical (unpaired) electrons. The normalized spacial score (nSPS) is 11.1. The molecule has 0 aliphatic heterocycles. The van der Waals surface area contributed by atoms with Gasteiger partial charge in [-0.05, 0) is 12.1 Å². The molecule has 6 nitrogen and oxygen atoms in total. The van der Waals surface area contributed by atoms with E-state index in [1.165, 1.54) is 19.2 Å². The molecular formula is C9H12N2O4S. The number of amides is 1. The first kappa shape index (κ1) is 12.6. The fraction of sp³-hybridized carbons (Fsp3) is 0.222. The molecule has 0 fully saturated rings. The molecule has 1 aromatic rings. The van der Waals surface area contributed by atoms with E-state index in [1.54, 1.807) is 18.2 Å². The first-order valence-electron chi connectivity index (χ1n) is 4.45. The van der Waals surface area contributed by atoms with E-state index in [1.807, 2.05) is 4.89 Å². The van der Waals surface area contributed by atoms with E-state index in [2.05, 4.69) is 10.2 Å². The van der Waals surface area contributed by atoms with Crippen LogP contribution in [-0.4, -0.2) is 28.0 Å². The number of hydrogen-bond donors (Lipinski definition) is 2. The van der Waals surface area contributed by atoms with Crippen molar-refractivity contribution in [3.05, 3.63) is 30.3 Å². The summed E-state index contributed by atoms with van der Waals surface area (Å²) in [6.07, 6.45) is 0. The number of sulfonamides is 1. The highest BCUT2D eigenvalue weighted by molar-refractivity contribution is 7.89. The summed E-state index contributed by atoms with van der Waals surface area (Å²) < 4.78 is 23.1. The molecule has 0 atom stereocenters. The first-order chi connectivity index (χ1) is 7.56. The van der Waals surface area contributed by atoms with Gasteiger partial charge >= 0.3 is 0 Å². The molecule has 7 heteroatoms. The third-order valence-corrected chi connectivity index (χ3v) is 2.93. The average molecular weight is 244 g/mol. The number of likely N-dealkylation sites (N-methyl/N-ethyl adjacent to an activating group) is 1. The van der Waals surface area contributed by atoms with Crippen LogP contribution in [0.15, 0.2) is 35.2 Å². The van der Waals surface area contributed by atoms with Crippen LogP contribution in [-0.2, 0) is 19.7 Å². The van der Waals surface area contributed by atoms with Crippen LogP contribution >= 0.6 is 0 Å². The highest BCUT2D eigenvalue weighted by atomic mass is 32.2. The van der Waals surface area contributed by atoms with Crippen LogP contribution in [0.2, 0.25) is 0 Å². The van der Waals surface area contributed by atoms with Crippen molar-refractivity contribution in [1.29, 1.82) is 0 Å². The fourth-order valence-corrected chi connectivity index (χ4v) is 1.72. The lowest BCUT2D eigenvalue weighted by atomic mass is 10.4. The zero-order valence-electron chi connectivity index (χ0n) is 8.64. The number of hydrogen-bond acceptors (Lipinski definition) is 4. The van der Waals surface area contributed by atoms with Gasteiger partial charge in [-0.1, -0.05) is 23.1 Å². The Balaban J connectivity index is 2.57. The standard InChI is InChI=1S/C9H12N2O4S/c1-10-9(12)7-15-11-16(13,14)8-5-3-2-4-6-8/h2-6,11H,7H2,1H3,(H,10,12). The smallest absolute Gasteiger partial charge is 0.262 e. The molecule has 0 aromatic heterocycles. The summed E-state index contributed by atoms with van der Waals surface area (Å²) in [6, 6.07) is 7.72. The van der Waals surface area contributed by atoms with Gasteiger partial charge in [-0.2, -0.15) is 0 Å². The van der Waals surface area contributed by atoms with E-state index in [0.717, 1.165) is 0 Å². The molecule has 1 amide bonds. The van der Waals surface area contributed by atoms with Gasteiger partial charge in [-0.25, -0.2) is 8.42 Å². The molecule has 16 heavy (non-hydrogen) atoms. The van der Waals surface area contributed by atoms with E-state index in [-0.39, 0.29) is 11.5 Å². The lowest BCUT2D eigenvalue weighted by molar-refractivity contribution is -0.126. The molecule has 0 spiro atoms. The molecule has 1 rings (SSSR count). The van der Waals surface area contributed by atoms with Crippen LogP contribution in [0.25, 0.3) is 0 Å². The van der Waals surface area contributed by atoms with E-state index in [9.17, 15) is 13.2 Å². The largest absolute Gasteiger partial charge is 0.357 e. The molecule has 0 saturated heterocycles. The maximum Gasteiger partial charge on any atom is 0.262 e. The number of rotatable bonds is 5. The van der Waals surface area contributed by atoms with Crippen LogP contribution in [0.3, 0.4) is 0 Å². The SMILES string of the molecule is CNC(=O)CONS(=O)(=O)c1ccccc1. The second-order valence-corrected chi connectivity index (χ2v) is 4.51. The highest BCUT2D eigenvalue weighted by Gasteiger charge is 2.13. The number of carbonyl (C=O) groups is 1. The van der Waals surface area contributed by atoms with Crippen LogP contribution in [0.1, 0.15) is 0 Å². The maximum absolute atomic E-state index is 11.5. The Morgan fingerprint density at radius 3 is 2.50 bits per heavy atom. The van der Waals surface area contributed by atoms with Crippen molar-refractivity contribution in [2.75, 3.05) is 13.7 Å². The van der Waals surface area contributed by atoms with Crippen molar-refractivity contribution in [3.8, 4) is 0 Å². The Morgan fingerprint density at radius 2 is 1.94 bits per heavy atom. The second-order valence-electron chi connectivity index (χ2n) is 2.86. The molecule has 0 aliphatic carbocycles. The number of nitrogens with one attached hydrogen (secondary N) is 2. The summed E-state index contributed by atoms with van der Waals surface area (Å²) in [6.45, 7) is -0.372. The van der Waals surface area contributed by atoms with Gasteiger partial charge in [0.05, 0.1) is 4.90 Å². The fourth-order valence-electron chi connectivity index (χ4n) is 0.893. The predicted octanol–water partition coefficient (Wildman–Crippen LogP) is -0.357. The third kappa shape index (κ3) is 3.61. The van der Waals surface area contributed by atoms with Crippen LogP contribution in [0.4, 0.5) is 0 Å². The summed E-state index contributed by atoms with van der Waals surface area (Å²) in [7, 11) is -2.29. The molecular weight excluding hydrogens is 232 g/mol. The van der Waals surface area contributed by atoms with Gasteiger partial charge in [0, 0.05) is 7.05 Å². The predicted molar refractivity (Wildman–Crippen MR) is 56.8 cm³/mol. The molecule has 0 unspecified atom stereocenters. The summed E-state index contributed by atoms with van der Waals surface area (Å²) >= 11 is 0. The van der Waals surface area contributed by atoms with Crippen molar-refractivity contribution < 1.29 is 18.0 Å². The van der Waals surface area contributed by atoms with E-state index < -0.39 is 15.9 Å². The Kier molecular flexibility index (Phi) is 4.41. The van der Waals surface area contributed by atoms with Crippen molar-refractivity contribution >= 4 is 15.9 Å². The van der Waals surface area contributed by atoms with Gasteiger partial charge in [-0.15, -0.1) is 0 Å². The van der Waals surface area contributed by atoms with Crippen molar-refractivity contribution in [2.24, 2.45) is 0 Å². The average Bonchev–Trinajstić information content (AvgIpc) is 2.30. The third-order valence-electron chi connectivity index (χ3n) is 1.70. The van der Waals surface area contributed by atoms with Gasteiger partial charge < -0.3 is 5.32 Å². The summed E-state index contributed by atoms with van der Waals surface area (Å²) in [5, 5.41) is 2.29. The zero-order valence-corrected chi connectivity index (χ0v) is 9.45. The van der Waals surface area contributed by atoms with Crippen molar-refractivity contribution in [3.63, 3.8) is 0 Å². The van der Waals surface area contributed by atoms with Gasteiger partial charge in [0.2, 0.25) is 5.91 Å². The van der Waals surface area contributed by atoms with Gasteiger partial charge in [0.1, 0.15) is 6.61 Å². The van der Waals surface area contributed by atoms with E-state index in [4.69, 9.17) is 0 Å². The minimum absolute atomic E-state index is 0.0758. The minimum Gasteiger partial charge on any atom is -0.357 e. The molecule has 2 N–H and O–H groups in total. The van der Waals surface area contributed by atoms with Crippen molar-refractivity contribution in [2.45, 2.75) is 4.90 Å². The summed E-state index contributed by atoms with van der Waals surface area (Å²) in [4.78, 5) is 17.2. The first-order valence-corrected chi connectivity index (χ1v) is 5.94. The van der Waals surface area contributed by atoms with Gasteiger partial charge in [-0.3, -0.25) is 9.63 Å². The molecule has 88 valence electrons. The summed E-state index contributed by atoms with van der Waals surface area (Å²) in [5.41, 5.74) is 0. The Morgan fingerprint density at radius 1 is 1.31 bits per heavy atom. The molecule has 0 bridgehead atoms. The molecule has 0 saturated carbocycles. The lowest BCUT2D eigenvalue weighted by Crippen LogP contribution is -2.31. The summed E-state index contributed by atoms with van der Waals surface area (Å²) in [5.74, 6) is -0.421. The molecule has 0 heterocycles. The van der Waals surface area contributed by atoms with Crippen LogP contribution < -0.4 is 10.2 Å². The maximum atomic E-state index is 11.5. The highest BCUT2D eigenvalue weighted by Crippen LogP contribution is 2.06.